The molecule has 0 bridgehead atoms. The number of benzene rings is 2. The quantitative estimate of drug-likeness (QED) is 0.652. The molecule has 2 aromatic carbocycles. The Hall–Kier alpha value is -2.43. The van der Waals surface area contributed by atoms with Gasteiger partial charge in [0, 0.05) is 5.56 Å². The van der Waals surface area contributed by atoms with Crippen LogP contribution in [0.4, 0.5) is 13.2 Å². The lowest BCUT2D eigenvalue weighted by Crippen LogP contribution is -2.04. The van der Waals surface area contributed by atoms with Crippen LogP contribution in [0, 0.1) is 6.92 Å². The van der Waals surface area contributed by atoms with Crippen LogP contribution < -0.4 is 0 Å². The maximum Gasteiger partial charge on any atom is 0.416 e. The molecule has 5 heteroatoms. The van der Waals surface area contributed by atoms with Gasteiger partial charge in [0.1, 0.15) is 0 Å². The topological polar surface area (TPSA) is 25.8 Å². The number of aromatic nitrogens is 2. The third-order valence-electron chi connectivity index (χ3n) is 3.29. The Morgan fingerprint density at radius 2 is 1.71 bits per heavy atom. The standard InChI is InChI=1S/C16H11F3N2/c1-10-4-2-3-5-12(10)15-9-20-13-7-6-11(16(17,18)19)8-14(13)21-15/h2-9H,1H3. The minimum absolute atomic E-state index is 0.241. The molecule has 0 aliphatic heterocycles. The third kappa shape index (κ3) is 2.59. The number of alkyl halides is 3. The highest BCUT2D eigenvalue weighted by Gasteiger charge is 2.30. The van der Waals surface area contributed by atoms with Crippen LogP contribution in [-0.2, 0) is 6.18 Å². The number of fused-ring (bicyclic) bond motifs is 1. The van der Waals surface area contributed by atoms with Crippen molar-refractivity contribution in [2.75, 3.05) is 0 Å². The van der Waals surface area contributed by atoms with Crippen molar-refractivity contribution in [2.24, 2.45) is 0 Å². The van der Waals surface area contributed by atoms with E-state index in [1.807, 2.05) is 31.2 Å². The Balaban J connectivity index is 2.17. The molecule has 0 saturated carbocycles. The van der Waals surface area contributed by atoms with Gasteiger partial charge in [-0.2, -0.15) is 13.2 Å². The lowest BCUT2D eigenvalue weighted by Gasteiger charge is -2.09. The summed E-state index contributed by atoms with van der Waals surface area (Å²) in [4.78, 5) is 8.51. The summed E-state index contributed by atoms with van der Waals surface area (Å²) in [5.74, 6) is 0. The van der Waals surface area contributed by atoms with E-state index in [9.17, 15) is 13.2 Å². The van der Waals surface area contributed by atoms with Crippen LogP contribution in [0.25, 0.3) is 22.3 Å². The lowest BCUT2D eigenvalue weighted by atomic mass is 10.1. The Kier molecular flexibility index (Phi) is 3.12. The summed E-state index contributed by atoms with van der Waals surface area (Å²) in [6.45, 7) is 1.92. The summed E-state index contributed by atoms with van der Waals surface area (Å²) in [6.07, 6.45) is -2.80. The second kappa shape index (κ2) is 4.84. The molecule has 0 N–H and O–H groups in total. The Labute approximate surface area is 119 Å². The fraction of sp³-hybridized carbons (Fsp3) is 0.125. The average molecular weight is 288 g/mol. The summed E-state index contributed by atoms with van der Waals surface area (Å²) in [6, 6.07) is 10.9. The van der Waals surface area contributed by atoms with Crippen molar-refractivity contribution in [3.8, 4) is 11.3 Å². The van der Waals surface area contributed by atoms with E-state index in [1.54, 1.807) is 6.20 Å². The van der Waals surface area contributed by atoms with Gasteiger partial charge in [0.15, 0.2) is 0 Å². The van der Waals surface area contributed by atoms with E-state index in [0.29, 0.717) is 11.2 Å². The first-order valence-corrected chi connectivity index (χ1v) is 6.35. The van der Waals surface area contributed by atoms with Crippen molar-refractivity contribution in [2.45, 2.75) is 13.1 Å². The van der Waals surface area contributed by atoms with E-state index >= 15 is 0 Å². The molecule has 0 unspecified atom stereocenters. The van der Waals surface area contributed by atoms with Crippen molar-refractivity contribution in [1.29, 1.82) is 0 Å². The maximum atomic E-state index is 12.8. The second-order valence-electron chi connectivity index (χ2n) is 4.77. The fourth-order valence-corrected chi connectivity index (χ4v) is 2.18. The molecular weight excluding hydrogens is 277 g/mol. The largest absolute Gasteiger partial charge is 0.416 e. The van der Waals surface area contributed by atoms with Gasteiger partial charge in [0.25, 0.3) is 0 Å². The van der Waals surface area contributed by atoms with E-state index in [0.717, 1.165) is 23.3 Å². The number of nitrogens with zero attached hydrogens (tertiary/aromatic N) is 2. The van der Waals surface area contributed by atoms with Gasteiger partial charge in [-0.25, -0.2) is 4.98 Å². The van der Waals surface area contributed by atoms with Crippen LogP contribution in [0.15, 0.2) is 48.7 Å². The molecule has 0 radical (unpaired) electrons. The Bertz CT molecular complexity index is 810. The highest BCUT2D eigenvalue weighted by molar-refractivity contribution is 5.78. The molecule has 2 nitrogen and oxygen atoms in total. The summed E-state index contributed by atoms with van der Waals surface area (Å²) in [5.41, 5.74) is 2.40. The molecule has 0 aliphatic rings. The molecule has 3 aromatic rings. The number of hydrogen-bond donors (Lipinski definition) is 0. The summed E-state index contributed by atoms with van der Waals surface area (Å²) in [5, 5.41) is 0. The van der Waals surface area contributed by atoms with Gasteiger partial charge >= 0.3 is 6.18 Å². The van der Waals surface area contributed by atoms with Gasteiger partial charge in [-0.15, -0.1) is 0 Å². The van der Waals surface area contributed by atoms with E-state index in [2.05, 4.69) is 9.97 Å². The minimum Gasteiger partial charge on any atom is -0.252 e. The summed E-state index contributed by atoms with van der Waals surface area (Å²) in [7, 11) is 0. The van der Waals surface area contributed by atoms with Gasteiger partial charge < -0.3 is 0 Å². The van der Waals surface area contributed by atoms with Gasteiger partial charge in [-0.05, 0) is 30.7 Å². The van der Waals surface area contributed by atoms with Crippen LogP contribution in [0.3, 0.4) is 0 Å². The van der Waals surface area contributed by atoms with Gasteiger partial charge in [0.2, 0.25) is 0 Å². The SMILES string of the molecule is Cc1ccccc1-c1cnc2ccc(C(F)(F)F)cc2n1. The van der Waals surface area contributed by atoms with Gasteiger partial charge in [-0.3, -0.25) is 4.98 Å². The number of rotatable bonds is 1. The van der Waals surface area contributed by atoms with E-state index in [1.165, 1.54) is 6.07 Å². The van der Waals surface area contributed by atoms with Crippen molar-refractivity contribution in [3.63, 3.8) is 0 Å². The first-order valence-electron chi connectivity index (χ1n) is 6.35. The molecular formula is C16H11F3N2. The van der Waals surface area contributed by atoms with E-state index in [-0.39, 0.29) is 5.52 Å². The summed E-state index contributed by atoms with van der Waals surface area (Å²) >= 11 is 0. The maximum absolute atomic E-state index is 12.8. The highest BCUT2D eigenvalue weighted by Crippen LogP contribution is 2.31. The first kappa shape index (κ1) is 13.5. The zero-order chi connectivity index (χ0) is 15.0. The van der Waals surface area contributed by atoms with Crippen molar-refractivity contribution < 1.29 is 13.2 Å². The zero-order valence-electron chi connectivity index (χ0n) is 11.1. The van der Waals surface area contributed by atoms with E-state index < -0.39 is 11.7 Å². The lowest BCUT2D eigenvalue weighted by molar-refractivity contribution is -0.137. The fourth-order valence-electron chi connectivity index (χ4n) is 2.18. The second-order valence-corrected chi connectivity index (χ2v) is 4.77. The van der Waals surface area contributed by atoms with Crippen LogP contribution in [-0.4, -0.2) is 9.97 Å². The van der Waals surface area contributed by atoms with Crippen molar-refractivity contribution >= 4 is 11.0 Å². The molecule has 106 valence electrons. The third-order valence-corrected chi connectivity index (χ3v) is 3.29. The predicted molar refractivity (Wildman–Crippen MR) is 74.7 cm³/mol. The normalized spacial score (nSPS) is 11.8. The summed E-state index contributed by atoms with van der Waals surface area (Å²) < 4.78 is 38.3. The van der Waals surface area contributed by atoms with Crippen LogP contribution in [0.1, 0.15) is 11.1 Å². The number of aryl methyl sites for hydroxylation is 1. The predicted octanol–water partition coefficient (Wildman–Crippen LogP) is 4.62. The first-order chi connectivity index (χ1) is 9.95. The van der Waals surface area contributed by atoms with Gasteiger partial charge in [0.05, 0.1) is 28.5 Å². The smallest absolute Gasteiger partial charge is 0.252 e. The molecule has 0 amide bonds. The minimum atomic E-state index is -4.38. The number of halogens is 3. The molecule has 0 saturated heterocycles. The zero-order valence-corrected chi connectivity index (χ0v) is 11.1. The average Bonchev–Trinajstić information content (AvgIpc) is 2.45. The Morgan fingerprint density at radius 3 is 2.43 bits per heavy atom. The molecule has 1 heterocycles. The molecule has 21 heavy (non-hydrogen) atoms. The highest BCUT2D eigenvalue weighted by atomic mass is 19.4. The molecule has 0 aliphatic carbocycles. The van der Waals surface area contributed by atoms with Crippen molar-refractivity contribution in [1.82, 2.24) is 9.97 Å². The van der Waals surface area contributed by atoms with Crippen LogP contribution in [0.5, 0.6) is 0 Å². The van der Waals surface area contributed by atoms with Crippen LogP contribution in [0.2, 0.25) is 0 Å². The molecule has 3 rings (SSSR count). The Morgan fingerprint density at radius 1 is 0.952 bits per heavy atom. The van der Waals surface area contributed by atoms with Crippen LogP contribution >= 0.6 is 0 Å². The van der Waals surface area contributed by atoms with Gasteiger partial charge in [-0.1, -0.05) is 24.3 Å². The molecule has 0 atom stereocenters. The molecule has 0 spiro atoms. The molecule has 0 fully saturated rings. The van der Waals surface area contributed by atoms with Crippen molar-refractivity contribution in [3.05, 3.63) is 59.8 Å². The monoisotopic (exact) mass is 288 g/mol. The molecule has 1 aromatic heterocycles. The number of hydrogen-bond acceptors (Lipinski definition) is 2. The van der Waals surface area contributed by atoms with E-state index in [4.69, 9.17) is 0 Å².